The van der Waals surface area contributed by atoms with Gasteiger partial charge < -0.3 is 14.7 Å². The molecule has 0 aliphatic heterocycles. The molecule has 140 valence electrons. The van der Waals surface area contributed by atoms with Gasteiger partial charge in [0, 0.05) is 24.5 Å². The molecule has 0 aliphatic rings. The van der Waals surface area contributed by atoms with Gasteiger partial charge in [-0.3, -0.25) is 0 Å². The molecule has 0 spiro atoms. The van der Waals surface area contributed by atoms with Crippen LogP contribution < -0.4 is 9.64 Å². The van der Waals surface area contributed by atoms with E-state index in [2.05, 4.69) is 13.8 Å². The van der Waals surface area contributed by atoms with E-state index in [9.17, 15) is 9.90 Å². The van der Waals surface area contributed by atoms with Crippen LogP contribution in [-0.4, -0.2) is 29.7 Å². The first-order valence-corrected chi connectivity index (χ1v) is 8.99. The minimum absolute atomic E-state index is 0.212. The number of carboxylic acid groups (broad SMARTS) is 1. The molecular formula is C22H24N2O3. The van der Waals surface area contributed by atoms with Gasteiger partial charge in [-0.15, -0.1) is 0 Å². The number of hydrogen-bond acceptors (Lipinski definition) is 4. The van der Waals surface area contributed by atoms with Gasteiger partial charge in [-0.25, -0.2) is 9.78 Å². The van der Waals surface area contributed by atoms with E-state index in [0.29, 0.717) is 30.6 Å². The van der Waals surface area contributed by atoms with Crippen LogP contribution in [0.15, 0.2) is 54.6 Å². The molecule has 5 nitrogen and oxygen atoms in total. The fourth-order valence-electron chi connectivity index (χ4n) is 3.13. The van der Waals surface area contributed by atoms with Crippen LogP contribution in [0.3, 0.4) is 0 Å². The molecule has 0 unspecified atom stereocenters. The van der Waals surface area contributed by atoms with Gasteiger partial charge in [0.2, 0.25) is 0 Å². The number of rotatable bonds is 7. The van der Waals surface area contributed by atoms with Crippen molar-refractivity contribution in [2.75, 3.05) is 18.6 Å². The third-order valence-corrected chi connectivity index (χ3v) is 4.34. The second kappa shape index (κ2) is 8.08. The summed E-state index contributed by atoms with van der Waals surface area (Å²) in [6.07, 6.45) is 0. The van der Waals surface area contributed by atoms with Crippen LogP contribution in [0.2, 0.25) is 0 Å². The van der Waals surface area contributed by atoms with Crippen molar-refractivity contribution in [3.8, 4) is 5.75 Å². The van der Waals surface area contributed by atoms with Crippen LogP contribution in [0.4, 0.5) is 5.82 Å². The number of carboxylic acids is 1. The Labute approximate surface area is 159 Å². The van der Waals surface area contributed by atoms with Crippen molar-refractivity contribution in [1.82, 2.24) is 4.98 Å². The fourth-order valence-corrected chi connectivity index (χ4v) is 3.13. The standard InChI is InChI=1S/C22H24N2O3/c1-15(2)13-24(14-16-7-5-4-6-8-16)21-19(22(25)26)11-17-9-10-18(27-3)12-20(17)23-21/h4-12,15H,13-14H2,1-3H3,(H,25,26). The van der Waals surface area contributed by atoms with Crippen LogP contribution in [0.25, 0.3) is 10.9 Å². The van der Waals surface area contributed by atoms with E-state index in [1.54, 1.807) is 13.2 Å². The van der Waals surface area contributed by atoms with Gasteiger partial charge in [0.25, 0.3) is 0 Å². The highest BCUT2D eigenvalue weighted by Gasteiger charge is 2.20. The molecule has 3 rings (SSSR count). The highest BCUT2D eigenvalue weighted by molar-refractivity contribution is 5.98. The SMILES string of the molecule is COc1ccc2cc(C(=O)O)c(N(Cc3ccccc3)CC(C)C)nc2c1. The lowest BCUT2D eigenvalue weighted by Gasteiger charge is -2.27. The fraction of sp³-hybridized carbons (Fsp3) is 0.273. The molecule has 0 aliphatic carbocycles. The summed E-state index contributed by atoms with van der Waals surface area (Å²) >= 11 is 0. The first-order chi connectivity index (χ1) is 13.0. The van der Waals surface area contributed by atoms with E-state index < -0.39 is 5.97 Å². The van der Waals surface area contributed by atoms with Crippen molar-refractivity contribution in [1.29, 1.82) is 0 Å². The van der Waals surface area contributed by atoms with E-state index in [0.717, 1.165) is 16.5 Å². The average molecular weight is 364 g/mol. The Kier molecular flexibility index (Phi) is 5.60. The maximum atomic E-state index is 11.9. The zero-order valence-corrected chi connectivity index (χ0v) is 15.8. The average Bonchev–Trinajstić information content (AvgIpc) is 2.66. The Morgan fingerprint density at radius 2 is 1.89 bits per heavy atom. The van der Waals surface area contributed by atoms with Gasteiger partial charge in [-0.05, 0) is 29.7 Å². The second-order valence-corrected chi connectivity index (χ2v) is 6.98. The lowest BCUT2D eigenvalue weighted by molar-refractivity contribution is 0.0697. The molecule has 1 heterocycles. The normalized spacial score (nSPS) is 11.0. The Morgan fingerprint density at radius 3 is 2.52 bits per heavy atom. The quantitative estimate of drug-likeness (QED) is 0.664. The van der Waals surface area contributed by atoms with Crippen molar-refractivity contribution in [3.63, 3.8) is 0 Å². The summed E-state index contributed by atoms with van der Waals surface area (Å²) in [5, 5.41) is 10.6. The summed E-state index contributed by atoms with van der Waals surface area (Å²) in [5.74, 6) is 0.568. The first-order valence-electron chi connectivity index (χ1n) is 8.99. The molecule has 5 heteroatoms. The number of nitrogens with zero attached hydrogens (tertiary/aromatic N) is 2. The van der Waals surface area contributed by atoms with Crippen LogP contribution in [-0.2, 0) is 6.54 Å². The lowest BCUT2D eigenvalue weighted by atomic mass is 10.1. The minimum atomic E-state index is -0.975. The van der Waals surface area contributed by atoms with E-state index in [1.807, 2.05) is 53.4 Å². The number of fused-ring (bicyclic) bond motifs is 1. The topological polar surface area (TPSA) is 62.7 Å². The summed E-state index contributed by atoms with van der Waals surface area (Å²) in [6, 6.07) is 17.2. The van der Waals surface area contributed by atoms with Crippen LogP contribution in [0.5, 0.6) is 5.75 Å². The number of anilines is 1. The highest BCUT2D eigenvalue weighted by Crippen LogP contribution is 2.28. The third-order valence-electron chi connectivity index (χ3n) is 4.34. The largest absolute Gasteiger partial charge is 0.497 e. The van der Waals surface area contributed by atoms with Gasteiger partial charge in [0.1, 0.15) is 17.1 Å². The first kappa shape index (κ1) is 18.7. The Morgan fingerprint density at radius 1 is 1.15 bits per heavy atom. The zero-order chi connectivity index (χ0) is 19.4. The lowest BCUT2D eigenvalue weighted by Crippen LogP contribution is -2.29. The summed E-state index contributed by atoms with van der Waals surface area (Å²) in [4.78, 5) is 18.7. The maximum absolute atomic E-state index is 11.9. The monoisotopic (exact) mass is 364 g/mol. The molecule has 0 bridgehead atoms. The number of methoxy groups -OCH3 is 1. The molecule has 0 amide bonds. The van der Waals surface area contributed by atoms with Crippen LogP contribution in [0, 0.1) is 5.92 Å². The molecule has 1 aromatic heterocycles. The van der Waals surface area contributed by atoms with Gasteiger partial charge >= 0.3 is 5.97 Å². The molecule has 3 aromatic rings. The molecular weight excluding hydrogens is 340 g/mol. The molecule has 0 radical (unpaired) electrons. The summed E-state index contributed by atoms with van der Waals surface area (Å²) in [5.41, 5.74) is 2.04. The zero-order valence-electron chi connectivity index (χ0n) is 15.8. The van der Waals surface area contributed by atoms with Crippen molar-refractivity contribution in [2.24, 2.45) is 5.92 Å². The van der Waals surface area contributed by atoms with Crippen molar-refractivity contribution < 1.29 is 14.6 Å². The van der Waals surface area contributed by atoms with E-state index in [4.69, 9.17) is 9.72 Å². The minimum Gasteiger partial charge on any atom is -0.497 e. The number of aromatic nitrogens is 1. The predicted molar refractivity (Wildman–Crippen MR) is 108 cm³/mol. The van der Waals surface area contributed by atoms with Crippen LogP contribution >= 0.6 is 0 Å². The summed E-state index contributed by atoms with van der Waals surface area (Å²) in [7, 11) is 1.61. The number of carbonyl (C=O) groups is 1. The maximum Gasteiger partial charge on any atom is 0.339 e. The van der Waals surface area contributed by atoms with Crippen LogP contribution in [0.1, 0.15) is 29.8 Å². The number of aromatic carboxylic acids is 1. The van der Waals surface area contributed by atoms with Crippen molar-refractivity contribution in [2.45, 2.75) is 20.4 Å². The number of hydrogen-bond donors (Lipinski definition) is 1. The Balaban J connectivity index is 2.12. The van der Waals surface area contributed by atoms with Gasteiger partial charge in [-0.2, -0.15) is 0 Å². The molecule has 27 heavy (non-hydrogen) atoms. The molecule has 0 saturated heterocycles. The predicted octanol–water partition coefficient (Wildman–Crippen LogP) is 4.60. The second-order valence-electron chi connectivity index (χ2n) is 6.98. The molecule has 0 fully saturated rings. The third kappa shape index (κ3) is 4.37. The van der Waals surface area contributed by atoms with Gasteiger partial charge in [-0.1, -0.05) is 44.2 Å². The molecule has 2 aromatic carbocycles. The smallest absolute Gasteiger partial charge is 0.339 e. The van der Waals surface area contributed by atoms with E-state index in [1.165, 1.54) is 0 Å². The number of ether oxygens (including phenoxy) is 1. The van der Waals surface area contributed by atoms with Gasteiger partial charge in [0.15, 0.2) is 0 Å². The van der Waals surface area contributed by atoms with E-state index >= 15 is 0 Å². The van der Waals surface area contributed by atoms with Crippen molar-refractivity contribution in [3.05, 3.63) is 65.7 Å². The summed E-state index contributed by atoms with van der Waals surface area (Å²) < 4.78 is 5.29. The van der Waals surface area contributed by atoms with E-state index in [-0.39, 0.29) is 5.56 Å². The Bertz CT molecular complexity index is 939. The molecule has 0 atom stereocenters. The number of benzene rings is 2. The summed E-state index contributed by atoms with van der Waals surface area (Å²) in [6.45, 7) is 5.53. The van der Waals surface area contributed by atoms with Crippen molar-refractivity contribution >= 4 is 22.7 Å². The molecule has 1 N–H and O–H groups in total. The number of pyridine rings is 1. The highest BCUT2D eigenvalue weighted by atomic mass is 16.5. The molecule has 0 saturated carbocycles. The van der Waals surface area contributed by atoms with Gasteiger partial charge in [0.05, 0.1) is 12.6 Å². The Hall–Kier alpha value is -3.08.